The molecule has 1 aromatic heterocycles. The summed E-state index contributed by atoms with van der Waals surface area (Å²) in [5.41, 5.74) is 2.22. The topological polar surface area (TPSA) is 97.2 Å². The number of rotatable bonds is 5. The molecule has 158 valence electrons. The van der Waals surface area contributed by atoms with Crippen LogP contribution in [0.5, 0.6) is 0 Å². The van der Waals surface area contributed by atoms with Crippen LogP contribution in [0.1, 0.15) is 36.5 Å². The Morgan fingerprint density at radius 2 is 1.90 bits per heavy atom. The minimum Gasteiger partial charge on any atom is -0.322 e. The highest BCUT2D eigenvalue weighted by atomic mass is 35.5. The first-order chi connectivity index (χ1) is 14.4. The molecule has 2 heterocycles. The van der Waals surface area contributed by atoms with Crippen molar-refractivity contribution in [2.24, 2.45) is 0 Å². The quantitative estimate of drug-likeness (QED) is 0.645. The zero-order chi connectivity index (χ0) is 21.3. The summed E-state index contributed by atoms with van der Waals surface area (Å²) in [6.45, 7) is 3.60. The van der Waals surface area contributed by atoms with Crippen molar-refractivity contribution in [1.29, 1.82) is 0 Å². The number of carbonyl (C=O) groups is 1. The number of halogens is 1. The number of piperidine rings is 1. The van der Waals surface area contributed by atoms with Gasteiger partial charge in [-0.3, -0.25) is 4.79 Å². The van der Waals surface area contributed by atoms with E-state index in [1.165, 1.54) is 16.4 Å². The van der Waals surface area contributed by atoms with Crippen LogP contribution < -0.4 is 5.32 Å². The second-order valence-electron chi connectivity index (χ2n) is 7.17. The Kier molecular flexibility index (Phi) is 5.77. The number of aromatic nitrogens is 3. The van der Waals surface area contributed by atoms with Crippen molar-refractivity contribution in [3.63, 3.8) is 0 Å². The molecule has 0 spiro atoms. The molecule has 0 bridgehead atoms. The first kappa shape index (κ1) is 20.8. The Labute approximate surface area is 179 Å². The van der Waals surface area contributed by atoms with Gasteiger partial charge in [-0.25, -0.2) is 13.1 Å². The standard InChI is InChI=1S/C20H22ClN5O3S/c1-2-26-18-9-6-14(12-17(18)23-24-26)20(27)22-15-7-8-16(21)19(13-15)30(28,29)25-10-4-3-5-11-25/h6-9,12-13H,2-5,10-11H2,1H3,(H,22,27). The van der Waals surface area contributed by atoms with Crippen molar-refractivity contribution < 1.29 is 13.2 Å². The fourth-order valence-electron chi connectivity index (χ4n) is 3.57. The maximum Gasteiger partial charge on any atom is 0.255 e. The molecule has 0 saturated carbocycles. The number of nitrogens with one attached hydrogen (secondary N) is 1. The Balaban J connectivity index is 1.59. The van der Waals surface area contributed by atoms with Crippen molar-refractivity contribution in [1.82, 2.24) is 19.3 Å². The molecule has 1 N–H and O–H groups in total. The molecule has 30 heavy (non-hydrogen) atoms. The normalized spacial score (nSPS) is 15.4. The van der Waals surface area contributed by atoms with Crippen LogP contribution in [0.25, 0.3) is 11.0 Å². The summed E-state index contributed by atoms with van der Waals surface area (Å²) < 4.78 is 29.2. The van der Waals surface area contributed by atoms with Crippen molar-refractivity contribution >= 4 is 44.3 Å². The van der Waals surface area contributed by atoms with Crippen LogP contribution in [0.4, 0.5) is 5.69 Å². The predicted octanol–water partition coefficient (Wildman–Crippen LogP) is 3.53. The van der Waals surface area contributed by atoms with Gasteiger partial charge in [0, 0.05) is 30.9 Å². The summed E-state index contributed by atoms with van der Waals surface area (Å²) in [7, 11) is -3.72. The zero-order valence-electron chi connectivity index (χ0n) is 16.5. The van der Waals surface area contributed by atoms with E-state index in [1.54, 1.807) is 28.9 Å². The lowest BCUT2D eigenvalue weighted by molar-refractivity contribution is 0.102. The van der Waals surface area contributed by atoms with Crippen molar-refractivity contribution in [3.8, 4) is 0 Å². The third-order valence-corrected chi connectivity index (χ3v) is 7.58. The molecule has 1 aliphatic rings. The van der Waals surface area contributed by atoms with E-state index in [4.69, 9.17) is 11.6 Å². The molecule has 2 aromatic carbocycles. The third kappa shape index (κ3) is 3.92. The van der Waals surface area contributed by atoms with E-state index in [9.17, 15) is 13.2 Å². The number of sulfonamides is 1. The monoisotopic (exact) mass is 447 g/mol. The highest BCUT2D eigenvalue weighted by molar-refractivity contribution is 7.89. The van der Waals surface area contributed by atoms with Gasteiger partial charge in [0.25, 0.3) is 5.91 Å². The van der Waals surface area contributed by atoms with Gasteiger partial charge in [-0.15, -0.1) is 5.10 Å². The van der Waals surface area contributed by atoms with Gasteiger partial charge in [0.05, 0.1) is 10.5 Å². The number of aryl methyl sites for hydroxylation is 1. The minimum absolute atomic E-state index is 0.00482. The molecule has 0 atom stereocenters. The average molecular weight is 448 g/mol. The highest BCUT2D eigenvalue weighted by Gasteiger charge is 2.28. The molecule has 1 aliphatic heterocycles. The van der Waals surface area contributed by atoms with Crippen LogP contribution in [-0.2, 0) is 16.6 Å². The second kappa shape index (κ2) is 8.33. The summed E-state index contributed by atoms with van der Waals surface area (Å²) in [4.78, 5) is 12.7. The first-order valence-electron chi connectivity index (χ1n) is 9.84. The number of fused-ring (bicyclic) bond motifs is 1. The Morgan fingerprint density at radius 1 is 1.13 bits per heavy atom. The van der Waals surface area contributed by atoms with Crippen LogP contribution in [-0.4, -0.2) is 46.7 Å². The molecule has 1 fully saturated rings. The van der Waals surface area contributed by atoms with Crippen molar-refractivity contribution in [2.45, 2.75) is 37.6 Å². The van der Waals surface area contributed by atoms with Crippen molar-refractivity contribution in [3.05, 3.63) is 47.0 Å². The summed E-state index contributed by atoms with van der Waals surface area (Å²) in [5, 5.41) is 11.0. The molecular weight excluding hydrogens is 426 g/mol. The smallest absolute Gasteiger partial charge is 0.255 e. The maximum absolute atomic E-state index is 13.0. The van der Waals surface area contributed by atoms with Gasteiger partial charge in [-0.05, 0) is 56.2 Å². The van der Waals surface area contributed by atoms with Crippen LogP contribution in [0.15, 0.2) is 41.3 Å². The average Bonchev–Trinajstić information content (AvgIpc) is 3.18. The lowest BCUT2D eigenvalue weighted by atomic mass is 10.2. The van der Waals surface area contributed by atoms with Crippen LogP contribution >= 0.6 is 11.6 Å². The van der Waals surface area contributed by atoms with E-state index in [0.29, 0.717) is 36.4 Å². The van der Waals surface area contributed by atoms with Crippen LogP contribution in [0.2, 0.25) is 5.02 Å². The highest BCUT2D eigenvalue weighted by Crippen LogP contribution is 2.29. The number of carbonyl (C=O) groups excluding carboxylic acids is 1. The zero-order valence-corrected chi connectivity index (χ0v) is 18.1. The molecule has 8 nitrogen and oxygen atoms in total. The summed E-state index contributed by atoms with van der Waals surface area (Å²) in [5.74, 6) is -0.369. The summed E-state index contributed by atoms with van der Waals surface area (Å²) >= 11 is 6.20. The number of hydrogen-bond donors (Lipinski definition) is 1. The first-order valence-corrected chi connectivity index (χ1v) is 11.7. The molecule has 10 heteroatoms. The molecular formula is C20H22ClN5O3S. The Bertz CT molecular complexity index is 1200. The van der Waals surface area contributed by atoms with E-state index < -0.39 is 10.0 Å². The maximum atomic E-state index is 13.0. The lowest BCUT2D eigenvalue weighted by Crippen LogP contribution is -2.35. The third-order valence-electron chi connectivity index (χ3n) is 5.20. The number of amides is 1. The summed E-state index contributed by atoms with van der Waals surface area (Å²) in [6.07, 6.45) is 2.68. The van der Waals surface area contributed by atoms with Crippen LogP contribution in [0, 0.1) is 0 Å². The van der Waals surface area contributed by atoms with Gasteiger partial charge >= 0.3 is 0 Å². The molecule has 0 radical (unpaired) electrons. The molecule has 3 aromatic rings. The minimum atomic E-state index is -3.72. The number of hydrogen-bond acceptors (Lipinski definition) is 5. The van der Waals surface area contributed by atoms with Gasteiger partial charge in [-0.2, -0.15) is 4.31 Å². The van der Waals surface area contributed by atoms with Gasteiger partial charge in [-0.1, -0.05) is 23.2 Å². The fourth-order valence-corrected chi connectivity index (χ4v) is 5.59. The molecule has 4 rings (SSSR count). The SMILES string of the molecule is CCn1nnc2cc(C(=O)Nc3ccc(Cl)c(S(=O)(=O)N4CCCCC4)c3)ccc21. The van der Waals surface area contributed by atoms with E-state index in [2.05, 4.69) is 15.6 Å². The molecule has 1 amide bonds. The second-order valence-corrected chi connectivity index (χ2v) is 9.49. The fraction of sp³-hybridized carbons (Fsp3) is 0.350. The van der Waals surface area contributed by atoms with Gasteiger partial charge in [0.2, 0.25) is 10.0 Å². The lowest BCUT2D eigenvalue weighted by Gasteiger charge is -2.26. The number of benzene rings is 2. The van der Waals surface area contributed by atoms with Crippen molar-refractivity contribution in [2.75, 3.05) is 18.4 Å². The van der Waals surface area contributed by atoms with Gasteiger partial charge in [0.1, 0.15) is 10.4 Å². The number of anilines is 1. The van der Waals surface area contributed by atoms with E-state index in [1.807, 2.05) is 6.92 Å². The summed E-state index contributed by atoms with van der Waals surface area (Å²) in [6, 6.07) is 9.63. The molecule has 0 aliphatic carbocycles. The van der Waals surface area contributed by atoms with E-state index in [-0.39, 0.29) is 15.8 Å². The van der Waals surface area contributed by atoms with E-state index in [0.717, 1.165) is 24.8 Å². The van der Waals surface area contributed by atoms with Gasteiger partial charge < -0.3 is 5.32 Å². The van der Waals surface area contributed by atoms with E-state index >= 15 is 0 Å². The largest absolute Gasteiger partial charge is 0.322 e. The molecule has 1 saturated heterocycles. The van der Waals surface area contributed by atoms with Crippen LogP contribution in [0.3, 0.4) is 0 Å². The Morgan fingerprint density at radius 3 is 2.63 bits per heavy atom. The number of nitrogens with zero attached hydrogens (tertiary/aromatic N) is 4. The van der Waals surface area contributed by atoms with Gasteiger partial charge in [0.15, 0.2) is 0 Å². The molecule has 0 unspecified atom stereocenters. The Hall–Kier alpha value is -2.49. The predicted molar refractivity (Wildman–Crippen MR) is 115 cm³/mol.